The van der Waals surface area contributed by atoms with Crippen molar-refractivity contribution in [3.05, 3.63) is 0 Å². The molecule has 0 aliphatic rings. The first-order valence-electron chi connectivity index (χ1n) is 4.64. The molecule has 0 amide bonds. The minimum absolute atomic E-state index is 0.00820. The zero-order valence-corrected chi connectivity index (χ0v) is 9.35. The summed E-state index contributed by atoms with van der Waals surface area (Å²) >= 11 is 0. The molecule has 0 aliphatic heterocycles. The molecule has 0 rings (SSSR count). The standard InChI is InChI=1S/C10H23NO/c1-9(7-8-11(5)6)12-10(2,3)4/h9H,7-8H2,1-6H3. The summed E-state index contributed by atoms with van der Waals surface area (Å²) < 4.78 is 5.76. The summed E-state index contributed by atoms with van der Waals surface area (Å²) in [6.07, 6.45) is 1.46. The number of nitrogens with zero attached hydrogens (tertiary/aromatic N) is 1. The lowest BCUT2D eigenvalue weighted by Crippen LogP contribution is -2.28. The molecule has 0 aromatic heterocycles. The van der Waals surface area contributed by atoms with Gasteiger partial charge in [-0.05, 0) is 54.8 Å². The Morgan fingerprint density at radius 2 is 1.75 bits per heavy atom. The topological polar surface area (TPSA) is 12.5 Å². The summed E-state index contributed by atoms with van der Waals surface area (Å²) in [6.45, 7) is 9.52. The number of rotatable bonds is 4. The van der Waals surface area contributed by atoms with Gasteiger partial charge in [0.15, 0.2) is 0 Å². The van der Waals surface area contributed by atoms with Gasteiger partial charge in [0.25, 0.3) is 0 Å². The van der Waals surface area contributed by atoms with E-state index >= 15 is 0 Å². The maximum atomic E-state index is 5.76. The van der Waals surface area contributed by atoms with Crippen molar-refractivity contribution in [1.82, 2.24) is 4.90 Å². The average Bonchev–Trinajstić information content (AvgIpc) is 1.79. The Labute approximate surface area is 76.9 Å². The Bertz CT molecular complexity index is 115. The van der Waals surface area contributed by atoms with Crippen LogP contribution in [0.3, 0.4) is 0 Å². The van der Waals surface area contributed by atoms with Crippen LogP contribution in [0.25, 0.3) is 0 Å². The highest BCUT2D eigenvalue weighted by molar-refractivity contribution is 4.63. The second kappa shape index (κ2) is 4.83. The van der Waals surface area contributed by atoms with Crippen LogP contribution < -0.4 is 0 Å². The third-order valence-corrected chi connectivity index (χ3v) is 1.54. The molecule has 2 heteroatoms. The van der Waals surface area contributed by atoms with E-state index in [0.717, 1.165) is 13.0 Å². The van der Waals surface area contributed by atoms with Crippen molar-refractivity contribution in [2.45, 2.75) is 45.8 Å². The monoisotopic (exact) mass is 173 g/mol. The molecule has 0 radical (unpaired) electrons. The van der Waals surface area contributed by atoms with Crippen molar-refractivity contribution in [2.75, 3.05) is 20.6 Å². The molecule has 0 saturated carbocycles. The molecule has 0 N–H and O–H groups in total. The highest BCUT2D eigenvalue weighted by Gasteiger charge is 2.14. The maximum absolute atomic E-state index is 5.76. The highest BCUT2D eigenvalue weighted by atomic mass is 16.5. The molecule has 74 valence electrons. The van der Waals surface area contributed by atoms with Crippen LogP contribution in [0.15, 0.2) is 0 Å². The second-order valence-corrected chi connectivity index (χ2v) is 4.63. The van der Waals surface area contributed by atoms with Crippen LogP contribution in [0.4, 0.5) is 0 Å². The molecule has 0 spiro atoms. The largest absolute Gasteiger partial charge is 0.373 e. The molecule has 0 aliphatic carbocycles. The first-order chi connectivity index (χ1) is 5.31. The quantitative estimate of drug-likeness (QED) is 0.646. The van der Waals surface area contributed by atoms with Crippen LogP contribution in [0, 0.1) is 0 Å². The zero-order chi connectivity index (χ0) is 9.78. The Morgan fingerprint density at radius 3 is 2.08 bits per heavy atom. The summed E-state index contributed by atoms with van der Waals surface area (Å²) in [7, 11) is 4.17. The van der Waals surface area contributed by atoms with E-state index < -0.39 is 0 Å². The van der Waals surface area contributed by atoms with Gasteiger partial charge in [-0.3, -0.25) is 0 Å². The normalized spacial score (nSPS) is 15.2. The van der Waals surface area contributed by atoms with Gasteiger partial charge >= 0.3 is 0 Å². The lowest BCUT2D eigenvalue weighted by molar-refractivity contribution is -0.0558. The predicted octanol–water partition coefficient (Wildman–Crippen LogP) is 2.14. The van der Waals surface area contributed by atoms with Crippen molar-refractivity contribution < 1.29 is 4.74 Å². The fourth-order valence-electron chi connectivity index (χ4n) is 1.10. The van der Waals surface area contributed by atoms with Crippen LogP contribution in [0.1, 0.15) is 34.1 Å². The molecule has 0 bridgehead atoms. The zero-order valence-electron chi connectivity index (χ0n) is 9.35. The van der Waals surface area contributed by atoms with Crippen molar-refractivity contribution in [1.29, 1.82) is 0 Å². The van der Waals surface area contributed by atoms with Crippen LogP contribution >= 0.6 is 0 Å². The molecule has 1 atom stereocenters. The molecule has 0 aromatic rings. The van der Waals surface area contributed by atoms with Gasteiger partial charge < -0.3 is 9.64 Å². The van der Waals surface area contributed by atoms with E-state index in [1.54, 1.807) is 0 Å². The SMILES string of the molecule is CC(CCN(C)C)OC(C)(C)C. The molecule has 12 heavy (non-hydrogen) atoms. The van der Waals surface area contributed by atoms with E-state index in [-0.39, 0.29) is 5.60 Å². The van der Waals surface area contributed by atoms with Gasteiger partial charge in [0.2, 0.25) is 0 Å². The van der Waals surface area contributed by atoms with Crippen LogP contribution in [-0.2, 0) is 4.74 Å². The summed E-state index contributed by atoms with van der Waals surface area (Å²) in [5.41, 5.74) is -0.00820. The molecule has 0 fully saturated rings. The van der Waals surface area contributed by atoms with E-state index in [2.05, 4.69) is 46.7 Å². The van der Waals surface area contributed by atoms with Gasteiger partial charge in [0, 0.05) is 0 Å². The summed E-state index contributed by atoms with van der Waals surface area (Å²) in [4.78, 5) is 2.18. The Morgan fingerprint density at radius 1 is 1.25 bits per heavy atom. The van der Waals surface area contributed by atoms with Crippen molar-refractivity contribution >= 4 is 0 Å². The van der Waals surface area contributed by atoms with Crippen molar-refractivity contribution in [2.24, 2.45) is 0 Å². The Hall–Kier alpha value is -0.0800. The van der Waals surface area contributed by atoms with E-state index in [0.29, 0.717) is 6.10 Å². The van der Waals surface area contributed by atoms with E-state index in [1.807, 2.05) is 0 Å². The summed E-state index contributed by atoms with van der Waals surface area (Å²) in [6, 6.07) is 0. The molecule has 2 nitrogen and oxygen atoms in total. The smallest absolute Gasteiger partial charge is 0.0602 e. The van der Waals surface area contributed by atoms with Gasteiger partial charge in [-0.2, -0.15) is 0 Å². The van der Waals surface area contributed by atoms with Gasteiger partial charge in [0.05, 0.1) is 11.7 Å². The fraction of sp³-hybridized carbons (Fsp3) is 1.00. The van der Waals surface area contributed by atoms with Crippen LogP contribution in [-0.4, -0.2) is 37.2 Å². The Balaban J connectivity index is 3.53. The summed E-state index contributed by atoms with van der Waals surface area (Å²) in [5.74, 6) is 0. The predicted molar refractivity (Wildman–Crippen MR) is 53.5 cm³/mol. The average molecular weight is 173 g/mol. The van der Waals surface area contributed by atoms with Gasteiger partial charge in [-0.1, -0.05) is 0 Å². The molecule has 0 heterocycles. The van der Waals surface area contributed by atoms with Gasteiger partial charge in [-0.25, -0.2) is 0 Å². The van der Waals surface area contributed by atoms with Gasteiger partial charge in [-0.15, -0.1) is 0 Å². The lowest BCUT2D eigenvalue weighted by atomic mass is 10.1. The lowest BCUT2D eigenvalue weighted by Gasteiger charge is -2.25. The van der Waals surface area contributed by atoms with Crippen LogP contribution in [0.2, 0.25) is 0 Å². The van der Waals surface area contributed by atoms with E-state index in [9.17, 15) is 0 Å². The maximum Gasteiger partial charge on any atom is 0.0602 e. The molecule has 1 unspecified atom stereocenters. The van der Waals surface area contributed by atoms with Crippen molar-refractivity contribution in [3.63, 3.8) is 0 Å². The molecular weight excluding hydrogens is 150 g/mol. The third-order valence-electron chi connectivity index (χ3n) is 1.54. The third kappa shape index (κ3) is 8.02. The first-order valence-corrected chi connectivity index (χ1v) is 4.64. The second-order valence-electron chi connectivity index (χ2n) is 4.63. The number of ether oxygens (including phenoxy) is 1. The molecular formula is C10H23NO. The van der Waals surface area contributed by atoms with Crippen molar-refractivity contribution in [3.8, 4) is 0 Å². The van der Waals surface area contributed by atoms with E-state index in [4.69, 9.17) is 4.74 Å². The minimum Gasteiger partial charge on any atom is -0.373 e. The Kier molecular flexibility index (Phi) is 4.80. The highest BCUT2D eigenvalue weighted by Crippen LogP contribution is 2.12. The van der Waals surface area contributed by atoms with Gasteiger partial charge in [0.1, 0.15) is 0 Å². The summed E-state index contributed by atoms with van der Waals surface area (Å²) in [5, 5.41) is 0. The molecule has 0 aromatic carbocycles. The van der Waals surface area contributed by atoms with Crippen LogP contribution in [0.5, 0.6) is 0 Å². The number of hydrogen-bond donors (Lipinski definition) is 0. The van der Waals surface area contributed by atoms with E-state index in [1.165, 1.54) is 0 Å². The number of hydrogen-bond acceptors (Lipinski definition) is 2. The minimum atomic E-state index is -0.00820. The fourth-order valence-corrected chi connectivity index (χ4v) is 1.10. The first kappa shape index (κ1) is 11.9. The molecule has 0 saturated heterocycles.